The molecule has 1 amide bonds. The van der Waals surface area contributed by atoms with Crippen LogP contribution in [0.15, 0.2) is 42.5 Å². The van der Waals surface area contributed by atoms with Crippen molar-refractivity contribution in [3.8, 4) is 0 Å². The molecule has 150 valence electrons. The van der Waals surface area contributed by atoms with Crippen LogP contribution in [-0.4, -0.2) is 48.5 Å². The predicted octanol–water partition coefficient (Wildman–Crippen LogP) is 3.98. The van der Waals surface area contributed by atoms with E-state index in [9.17, 15) is 13.6 Å². The number of carbonyl (C=O) groups is 1. The van der Waals surface area contributed by atoms with Gasteiger partial charge in [-0.15, -0.1) is 0 Å². The first-order valence-electron chi connectivity index (χ1n) is 9.44. The van der Waals surface area contributed by atoms with E-state index in [1.54, 1.807) is 4.90 Å². The number of halogens is 2. The summed E-state index contributed by atoms with van der Waals surface area (Å²) in [5.41, 5.74) is 2.39. The third-order valence-electron chi connectivity index (χ3n) is 4.71. The molecule has 0 bridgehead atoms. The lowest BCUT2D eigenvalue weighted by molar-refractivity contribution is -0.115. The second-order valence-electron chi connectivity index (χ2n) is 6.75. The van der Waals surface area contributed by atoms with Gasteiger partial charge in [-0.25, -0.2) is 8.78 Å². The van der Waals surface area contributed by atoms with Crippen LogP contribution in [0.5, 0.6) is 0 Å². The third kappa shape index (κ3) is 5.69. The first kappa shape index (κ1) is 20.6. The Bertz CT molecular complexity index is 812. The van der Waals surface area contributed by atoms with Crippen molar-refractivity contribution in [2.45, 2.75) is 13.5 Å². The van der Waals surface area contributed by atoms with E-state index in [-0.39, 0.29) is 12.5 Å². The Balaban J connectivity index is 1.60. The number of nitrogens with zero attached hydrogens (tertiary/aromatic N) is 2. The summed E-state index contributed by atoms with van der Waals surface area (Å²) in [5, 5.41) is 2.91. The molecule has 7 heteroatoms. The Labute approximate surface area is 168 Å². The first-order valence-corrected chi connectivity index (χ1v) is 10.6. The van der Waals surface area contributed by atoms with E-state index in [2.05, 4.69) is 16.3 Å². The fourth-order valence-corrected chi connectivity index (χ4v) is 4.18. The monoisotopic (exact) mass is 405 g/mol. The number of amides is 1. The summed E-state index contributed by atoms with van der Waals surface area (Å²) >= 11 is 1.98. The van der Waals surface area contributed by atoms with Crippen molar-refractivity contribution in [3.63, 3.8) is 0 Å². The Morgan fingerprint density at radius 2 is 1.93 bits per heavy atom. The molecule has 28 heavy (non-hydrogen) atoms. The van der Waals surface area contributed by atoms with Gasteiger partial charge >= 0.3 is 0 Å². The molecule has 3 rings (SSSR count). The maximum absolute atomic E-state index is 13.5. The fourth-order valence-electron chi connectivity index (χ4n) is 3.21. The van der Waals surface area contributed by atoms with Crippen LogP contribution in [0.1, 0.15) is 12.5 Å². The number of likely N-dealkylation sites (N-methyl/N-ethyl adjacent to an activating group) is 1. The highest BCUT2D eigenvalue weighted by Gasteiger charge is 2.14. The minimum absolute atomic E-state index is 0.0646. The summed E-state index contributed by atoms with van der Waals surface area (Å²) in [4.78, 5) is 16.6. The van der Waals surface area contributed by atoms with Crippen LogP contribution < -0.4 is 10.2 Å². The molecule has 2 aromatic carbocycles. The topological polar surface area (TPSA) is 35.6 Å². The van der Waals surface area contributed by atoms with Crippen molar-refractivity contribution in [1.82, 2.24) is 4.90 Å². The Hall–Kier alpha value is -2.12. The van der Waals surface area contributed by atoms with Crippen LogP contribution in [0.4, 0.5) is 20.2 Å². The van der Waals surface area contributed by atoms with Gasteiger partial charge in [-0.3, -0.25) is 9.69 Å². The molecule has 0 saturated carbocycles. The van der Waals surface area contributed by atoms with E-state index in [4.69, 9.17) is 0 Å². The highest BCUT2D eigenvalue weighted by Crippen LogP contribution is 2.19. The van der Waals surface area contributed by atoms with Gasteiger partial charge in [0.15, 0.2) is 11.6 Å². The lowest BCUT2D eigenvalue weighted by Gasteiger charge is -2.26. The molecule has 0 spiro atoms. The Morgan fingerprint density at radius 1 is 1.14 bits per heavy atom. The van der Waals surface area contributed by atoms with Crippen molar-refractivity contribution < 1.29 is 13.6 Å². The molecule has 2 aromatic rings. The molecule has 1 aliphatic heterocycles. The standard InChI is InChI=1S/C21H25F2N3OS/c1-2-26(18-6-7-19(22)20(23)13-18)15-21(27)24-17-5-3-4-16(12-17)14-25-8-10-28-11-9-25/h3-7,12-13H,2,8-11,14-15H2,1H3,(H,24,27). The lowest BCUT2D eigenvalue weighted by Crippen LogP contribution is -2.33. The van der Waals surface area contributed by atoms with Gasteiger partial charge in [0.05, 0.1) is 6.54 Å². The SMILES string of the molecule is CCN(CC(=O)Nc1cccc(CN2CCSCC2)c1)c1ccc(F)c(F)c1. The average Bonchev–Trinajstić information content (AvgIpc) is 2.69. The zero-order valence-electron chi connectivity index (χ0n) is 16.0. The number of rotatable bonds is 7. The van der Waals surface area contributed by atoms with Crippen molar-refractivity contribution in [2.24, 2.45) is 0 Å². The van der Waals surface area contributed by atoms with Gasteiger partial charge in [0.25, 0.3) is 0 Å². The normalized spacial score (nSPS) is 14.7. The molecule has 1 saturated heterocycles. The molecule has 1 fully saturated rings. The van der Waals surface area contributed by atoms with Crippen LogP contribution in [0.25, 0.3) is 0 Å². The molecule has 0 aliphatic carbocycles. The number of anilines is 2. The highest BCUT2D eigenvalue weighted by molar-refractivity contribution is 7.99. The Kier molecular flexibility index (Phi) is 7.28. The van der Waals surface area contributed by atoms with E-state index >= 15 is 0 Å². The molecule has 0 radical (unpaired) electrons. The molecule has 1 aliphatic rings. The van der Waals surface area contributed by atoms with Gasteiger partial charge in [0.2, 0.25) is 5.91 Å². The molecule has 1 heterocycles. The minimum atomic E-state index is -0.917. The van der Waals surface area contributed by atoms with Gasteiger partial charge < -0.3 is 10.2 Å². The van der Waals surface area contributed by atoms with Crippen LogP contribution in [0, 0.1) is 11.6 Å². The third-order valence-corrected chi connectivity index (χ3v) is 5.65. The highest BCUT2D eigenvalue weighted by atomic mass is 32.2. The van der Waals surface area contributed by atoms with Gasteiger partial charge in [0.1, 0.15) is 0 Å². The lowest BCUT2D eigenvalue weighted by atomic mass is 10.2. The quantitative estimate of drug-likeness (QED) is 0.756. The number of benzene rings is 2. The summed E-state index contributed by atoms with van der Waals surface area (Å²) in [6.45, 7) is 5.48. The molecular formula is C21H25F2N3OS. The fraction of sp³-hybridized carbons (Fsp3) is 0.381. The molecule has 0 atom stereocenters. The van der Waals surface area contributed by atoms with E-state index < -0.39 is 11.6 Å². The average molecular weight is 406 g/mol. The summed E-state index contributed by atoms with van der Waals surface area (Å²) in [7, 11) is 0. The predicted molar refractivity (Wildman–Crippen MR) is 112 cm³/mol. The van der Waals surface area contributed by atoms with Crippen LogP contribution in [-0.2, 0) is 11.3 Å². The Morgan fingerprint density at radius 3 is 2.64 bits per heavy atom. The molecule has 0 unspecified atom stereocenters. The molecular weight excluding hydrogens is 380 g/mol. The van der Waals surface area contributed by atoms with E-state index in [0.29, 0.717) is 12.2 Å². The number of carbonyl (C=O) groups excluding carboxylic acids is 1. The van der Waals surface area contributed by atoms with E-state index in [1.165, 1.54) is 6.07 Å². The van der Waals surface area contributed by atoms with Gasteiger partial charge in [-0.1, -0.05) is 12.1 Å². The zero-order valence-corrected chi connectivity index (χ0v) is 16.8. The summed E-state index contributed by atoms with van der Waals surface area (Å²) < 4.78 is 26.6. The van der Waals surface area contributed by atoms with E-state index in [1.807, 2.05) is 36.9 Å². The smallest absolute Gasteiger partial charge is 0.243 e. The second kappa shape index (κ2) is 9.89. The van der Waals surface area contributed by atoms with Gasteiger partial charge in [0, 0.05) is 55.1 Å². The summed E-state index contributed by atoms with van der Waals surface area (Å²) in [6.07, 6.45) is 0. The van der Waals surface area contributed by atoms with Crippen molar-refractivity contribution >= 4 is 29.0 Å². The van der Waals surface area contributed by atoms with Crippen molar-refractivity contribution in [3.05, 3.63) is 59.7 Å². The van der Waals surface area contributed by atoms with E-state index in [0.717, 1.165) is 54.5 Å². The van der Waals surface area contributed by atoms with Crippen molar-refractivity contribution in [1.29, 1.82) is 0 Å². The summed E-state index contributed by atoms with van der Waals surface area (Å²) in [5.74, 6) is 0.312. The van der Waals surface area contributed by atoms with Gasteiger partial charge in [-0.2, -0.15) is 11.8 Å². The maximum Gasteiger partial charge on any atom is 0.243 e. The molecule has 4 nitrogen and oxygen atoms in total. The maximum atomic E-state index is 13.5. The van der Waals surface area contributed by atoms with Crippen LogP contribution >= 0.6 is 11.8 Å². The van der Waals surface area contributed by atoms with Crippen molar-refractivity contribution in [2.75, 3.05) is 47.9 Å². The number of hydrogen-bond acceptors (Lipinski definition) is 4. The number of hydrogen-bond donors (Lipinski definition) is 1. The molecule has 0 aromatic heterocycles. The number of nitrogens with one attached hydrogen (secondary N) is 1. The zero-order chi connectivity index (χ0) is 19.9. The number of thioether (sulfide) groups is 1. The summed E-state index contributed by atoms with van der Waals surface area (Å²) in [6, 6.07) is 11.5. The van der Waals surface area contributed by atoms with Gasteiger partial charge in [-0.05, 0) is 36.8 Å². The van der Waals surface area contributed by atoms with Crippen LogP contribution in [0.2, 0.25) is 0 Å². The van der Waals surface area contributed by atoms with Crippen LogP contribution in [0.3, 0.4) is 0 Å². The second-order valence-corrected chi connectivity index (χ2v) is 7.97. The largest absolute Gasteiger partial charge is 0.362 e. The first-order chi connectivity index (χ1) is 13.5. The minimum Gasteiger partial charge on any atom is -0.362 e. The molecule has 1 N–H and O–H groups in total.